The molecule has 3 heterocycles. The molecule has 0 radical (unpaired) electrons. The summed E-state index contributed by atoms with van der Waals surface area (Å²) in [4.78, 5) is 13.5. The van der Waals surface area contributed by atoms with Crippen LogP contribution < -0.4 is 0 Å². The van der Waals surface area contributed by atoms with E-state index in [0.29, 0.717) is 27.1 Å². The van der Waals surface area contributed by atoms with E-state index in [2.05, 4.69) is 27.9 Å². The van der Waals surface area contributed by atoms with Crippen LogP contribution in [0.4, 0.5) is 0 Å². The second-order valence-electron chi connectivity index (χ2n) is 5.98. The third-order valence-electron chi connectivity index (χ3n) is 4.10. The molecule has 1 atom stereocenters. The van der Waals surface area contributed by atoms with Gasteiger partial charge in [-0.05, 0) is 30.6 Å². The van der Waals surface area contributed by atoms with E-state index in [-0.39, 0.29) is 0 Å². The third kappa shape index (κ3) is 4.75. The smallest absolute Gasteiger partial charge is 0.156 e. The Morgan fingerprint density at radius 3 is 2.86 bits per heavy atom. The van der Waals surface area contributed by atoms with Crippen LogP contribution in [0.1, 0.15) is 32.3 Å². The average Bonchev–Trinajstić information content (AvgIpc) is 3.41. The van der Waals surface area contributed by atoms with Gasteiger partial charge in [-0.2, -0.15) is 5.26 Å². The van der Waals surface area contributed by atoms with E-state index in [1.807, 2.05) is 29.1 Å². The Kier molecular flexibility index (Phi) is 7.50. The summed E-state index contributed by atoms with van der Waals surface area (Å²) < 4.78 is 14.3. The summed E-state index contributed by atoms with van der Waals surface area (Å²) in [5.41, 5.74) is 1.91. The fourth-order valence-corrected chi connectivity index (χ4v) is 5.78. The molecule has 0 fully saturated rings. The minimum Gasteiger partial charge on any atom is -0.616 e. The predicted octanol–water partition coefficient (Wildman–Crippen LogP) is 4.56. The maximum Gasteiger partial charge on any atom is 0.156 e. The summed E-state index contributed by atoms with van der Waals surface area (Å²) in [6.07, 6.45) is 7.31. The molecule has 6 nitrogen and oxygen atoms in total. The van der Waals surface area contributed by atoms with Crippen LogP contribution in [0.5, 0.6) is 0 Å². The van der Waals surface area contributed by atoms with Crippen molar-refractivity contribution < 1.29 is 4.55 Å². The standard InChI is InChI=1S/C19H21N5OS3/c1-3-5-10-28(25)13-27-18-15(12-20)14(17-21-6-8-24(17)4-2)11-16(23-18)19-22-7-9-26-19/h6-9,11H,3-5,10,13H2,1-2H3. The summed E-state index contributed by atoms with van der Waals surface area (Å²) in [6, 6.07) is 4.17. The van der Waals surface area contributed by atoms with E-state index >= 15 is 0 Å². The van der Waals surface area contributed by atoms with Gasteiger partial charge in [-0.3, -0.25) is 0 Å². The lowest BCUT2D eigenvalue weighted by molar-refractivity contribution is 0.596. The van der Waals surface area contributed by atoms with E-state index in [4.69, 9.17) is 0 Å². The average molecular weight is 432 g/mol. The molecule has 0 saturated carbocycles. The number of imidazole rings is 1. The number of rotatable bonds is 9. The Balaban J connectivity index is 2.03. The number of nitrogens with zero attached hydrogens (tertiary/aromatic N) is 5. The lowest BCUT2D eigenvalue weighted by Crippen LogP contribution is -2.09. The molecule has 0 N–H and O–H groups in total. The zero-order valence-electron chi connectivity index (χ0n) is 15.8. The zero-order chi connectivity index (χ0) is 19.9. The van der Waals surface area contributed by atoms with Gasteiger partial charge in [-0.1, -0.05) is 25.1 Å². The maximum atomic E-state index is 12.3. The van der Waals surface area contributed by atoms with E-state index in [1.165, 1.54) is 23.1 Å². The highest BCUT2D eigenvalue weighted by atomic mass is 32.3. The molecule has 0 aromatic carbocycles. The third-order valence-corrected chi connectivity index (χ3v) is 7.73. The van der Waals surface area contributed by atoms with Crippen molar-refractivity contribution in [2.24, 2.45) is 0 Å². The highest BCUT2D eigenvalue weighted by Gasteiger charge is 2.21. The van der Waals surface area contributed by atoms with E-state index in [1.54, 1.807) is 12.4 Å². The molecule has 3 aromatic rings. The number of aromatic nitrogens is 4. The number of thioether (sulfide) groups is 1. The van der Waals surface area contributed by atoms with Gasteiger partial charge < -0.3 is 9.12 Å². The first-order chi connectivity index (χ1) is 13.7. The molecule has 0 saturated heterocycles. The summed E-state index contributed by atoms with van der Waals surface area (Å²) in [6.45, 7) is 4.87. The normalized spacial score (nSPS) is 12.1. The molecule has 0 aliphatic carbocycles. The van der Waals surface area contributed by atoms with Crippen LogP contribution in [0.3, 0.4) is 0 Å². The lowest BCUT2D eigenvalue weighted by atomic mass is 10.1. The van der Waals surface area contributed by atoms with Gasteiger partial charge >= 0.3 is 0 Å². The van der Waals surface area contributed by atoms with Crippen molar-refractivity contribution in [1.29, 1.82) is 5.26 Å². The second-order valence-corrected chi connectivity index (χ2v) is 9.78. The summed E-state index contributed by atoms with van der Waals surface area (Å²) in [5.74, 6) is 1.40. The molecule has 9 heteroatoms. The Morgan fingerprint density at radius 1 is 1.32 bits per heavy atom. The zero-order valence-corrected chi connectivity index (χ0v) is 18.2. The minimum atomic E-state index is -0.944. The Bertz CT molecular complexity index is 949. The first-order valence-electron chi connectivity index (χ1n) is 9.02. The van der Waals surface area contributed by atoms with E-state index in [9.17, 15) is 9.81 Å². The second kappa shape index (κ2) is 10.1. The van der Waals surface area contributed by atoms with Crippen molar-refractivity contribution in [3.63, 3.8) is 0 Å². The number of nitriles is 1. The fraction of sp³-hybridized carbons (Fsp3) is 0.368. The molecule has 0 aliphatic heterocycles. The minimum absolute atomic E-state index is 0.421. The van der Waals surface area contributed by atoms with Crippen molar-refractivity contribution in [3.8, 4) is 28.2 Å². The number of unbranched alkanes of at least 4 members (excludes halogenated alkanes) is 1. The van der Waals surface area contributed by atoms with Gasteiger partial charge in [-0.25, -0.2) is 15.0 Å². The molecule has 0 aliphatic rings. The van der Waals surface area contributed by atoms with Crippen molar-refractivity contribution >= 4 is 34.3 Å². The largest absolute Gasteiger partial charge is 0.616 e. The van der Waals surface area contributed by atoms with Crippen LogP contribution >= 0.6 is 23.1 Å². The topological polar surface area (TPSA) is 90.4 Å². The number of thiazole rings is 1. The van der Waals surface area contributed by atoms with Crippen LogP contribution in [-0.4, -0.2) is 34.9 Å². The molecule has 146 valence electrons. The lowest BCUT2D eigenvalue weighted by Gasteiger charge is -2.13. The van der Waals surface area contributed by atoms with Crippen molar-refractivity contribution in [2.75, 3.05) is 10.8 Å². The molecule has 1 unspecified atom stereocenters. The molecule has 0 bridgehead atoms. The van der Waals surface area contributed by atoms with Gasteiger partial charge in [0.05, 0.1) is 5.56 Å². The van der Waals surface area contributed by atoms with Crippen LogP contribution in [-0.2, 0) is 17.7 Å². The number of hydrogen-bond acceptors (Lipinski definition) is 7. The molecule has 3 aromatic heterocycles. The summed E-state index contributed by atoms with van der Waals surface area (Å²) in [5, 5.41) is 13.5. The SMILES string of the molecule is CCCC[S+]([O-])CSc1nc(-c2nccs2)cc(-c2nccn2CC)c1C#N. The molecule has 3 rings (SSSR count). The van der Waals surface area contributed by atoms with Crippen molar-refractivity contribution in [1.82, 2.24) is 19.5 Å². The van der Waals surface area contributed by atoms with Crippen LogP contribution in [0.25, 0.3) is 22.1 Å². The predicted molar refractivity (Wildman–Crippen MR) is 116 cm³/mol. The van der Waals surface area contributed by atoms with Crippen LogP contribution in [0, 0.1) is 11.3 Å². The van der Waals surface area contributed by atoms with Gasteiger partial charge in [0.1, 0.15) is 33.4 Å². The number of pyridine rings is 1. The van der Waals surface area contributed by atoms with Gasteiger partial charge in [0.15, 0.2) is 5.08 Å². The number of aryl methyl sites for hydroxylation is 1. The molecule has 0 spiro atoms. The van der Waals surface area contributed by atoms with Crippen molar-refractivity contribution in [2.45, 2.75) is 38.3 Å². The maximum absolute atomic E-state index is 12.3. The Morgan fingerprint density at radius 2 is 2.18 bits per heavy atom. The molecule has 28 heavy (non-hydrogen) atoms. The molecular formula is C19H21N5OS3. The highest BCUT2D eigenvalue weighted by molar-refractivity contribution is 8.12. The van der Waals surface area contributed by atoms with Gasteiger partial charge in [0.25, 0.3) is 0 Å². The summed E-state index contributed by atoms with van der Waals surface area (Å²) in [7, 11) is 0. The fourth-order valence-electron chi connectivity index (χ4n) is 2.66. The monoisotopic (exact) mass is 431 g/mol. The number of hydrogen-bond donors (Lipinski definition) is 0. The molecule has 0 amide bonds. The van der Waals surface area contributed by atoms with Crippen LogP contribution in [0.2, 0.25) is 0 Å². The van der Waals surface area contributed by atoms with Gasteiger partial charge in [-0.15, -0.1) is 11.3 Å². The first-order valence-corrected chi connectivity index (χ1v) is 12.4. The van der Waals surface area contributed by atoms with Crippen molar-refractivity contribution in [3.05, 3.63) is 35.6 Å². The van der Waals surface area contributed by atoms with Crippen LogP contribution in [0.15, 0.2) is 35.1 Å². The van der Waals surface area contributed by atoms with Gasteiger partial charge in [0, 0.05) is 36.1 Å². The highest BCUT2D eigenvalue weighted by Crippen LogP contribution is 2.34. The van der Waals surface area contributed by atoms with E-state index in [0.717, 1.165) is 35.8 Å². The summed E-state index contributed by atoms with van der Waals surface area (Å²) >= 11 is 1.93. The Hall–Kier alpha value is -1.86. The Labute approximate surface area is 176 Å². The van der Waals surface area contributed by atoms with E-state index < -0.39 is 11.2 Å². The first kappa shape index (κ1) is 20.9. The quantitative estimate of drug-likeness (QED) is 0.364. The van der Waals surface area contributed by atoms with Gasteiger partial charge in [0.2, 0.25) is 0 Å². The molecular weight excluding hydrogens is 410 g/mol.